The molecule has 5 rings (SSSR count). The predicted octanol–water partition coefficient (Wildman–Crippen LogP) is 6.45. The van der Waals surface area contributed by atoms with Gasteiger partial charge >= 0.3 is 18.0 Å². The van der Waals surface area contributed by atoms with Gasteiger partial charge in [-0.2, -0.15) is 5.10 Å². The summed E-state index contributed by atoms with van der Waals surface area (Å²) in [4.78, 5) is 36.8. The maximum Gasteiger partial charge on any atom is 0.332 e. The highest BCUT2D eigenvalue weighted by atomic mass is 16.5. The molecule has 0 aromatic rings. The smallest absolute Gasteiger partial charge is 0.332 e. The van der Waals surface area contributed by atoms with Crippen molar-refractivity contribution < 1.29 is 23.9 Å². The highest BCUT2D eigenvalue weighted by Crippen LogP contribution is 2.74. The van der Waals surface area contributed by atoms with Crippen LogP contribution in [0, 0.1) is 44.3 Å². The molecule has 5 aliphatic rings. The third kappa shape index (κ3) is 4.13. The van der Waals surface area contributed by atoms with E-state index in [-0.39, 0.29) is 45.1 Å². The van der Waals surface area contributed by atoms with Gasteiger partial charge in [0.25, 0.3) is 0 Å². The van der Waals surface area contributed by atoms with Crippen LogP contribution in [0.25, 0.3) is 0 Å². The molecular formula is C34H51N3O5. The van der Waals surface area contributed by atoms with Crippen LogP contribution in [0.15, 0.2) is 28.4 Å². The summed E-state index contributed by atoms with van der Waals surface area (Å²) in [6, 6.07) is -0.712. The quantitative estimate of drug-likeness (QED) is 0.293. The molecular weight excluding hydrogens is 530 g/mol. The Kier molecular flexibility index (Phi) is 7.10. The van der Waals surface area contributed by atoms with Gasteiger partial charge in [-0.1, -0.05) is 59.3 Å². The van der Waals surface area contributed by atoms with E-state index in [0.717, 1.165) is 44.2 Å². The van der Waals surface area contributed by atoms with Gasteiger partial charge in [0.05, 0.1) is 12.5 Å². The molecule has 0 spiro atoms. The number of hydrogen-bond donors (Lipinski definition) is 2. The van der Waals surface area contributed by atoms with Crippen molar-refractivity contribution in [3.05, 3.63) is 23.3 Å². The number of nitrogens with zero attached hydrogens (tertiary/aromatic N) is 1. The summed E-state index contributed by atoms with van der Waals surface area (Å²) in [7, 11) is 1.44. The highest BCUT2D eigenvalue weighted by molar-refractivity contribution is 5.99. The van der Waals surface area contributed by atoms with Gasteiger partial charge < -0.3 is 15.2 Å². The minimum absolute atomic E-state index is 0.0168. The maximum absolute atomic E-state index is 13.2. The van der Waals surface area contributed by atoms with E-state index in [1.54, 1.807) is 0 Å². The van der Waals surface area contributed by atoms with Crippen LogP contribution in [0.3, 0.4) is 0 Å². The summed E-state index contributed by atoms with van der Waals surface area (Å²) in [6.45, 7) is 17.7. The van der Waals surface area contributed by atoms with E-state index >= 15 is 0 Å². The van der Waals surface area contributed by atoms with Crippen LogP contribution in [-0.4, -0.2) is 36.9 Å². The van der Waals surface area contributed by atoms with E-state index < -0.39 is 11.4 Å². The van der Waals surface area contributed by atoms with E-state index in [4.69, 9.17) is 15.2 Å². The fourth-order valence-electron chi connectivity index (χ4n) is 10.7. The number of fused-ring (bicyclic) bond motifs is 6. The number of primary amides is 1. The Labute approximate surface area is 251 Å². The zero-order chi connectivity index (χ0) is 31.1. The number of carbonyl (C=O) groups is 3. The molecule has 3 saturated carbocycles. The summed E-state index contributed by atoms with van der Waals surface area (Å²) in [6.07, 6.45) is 11.8. The molecule has 0 aliphatic heterocycles. The van der Waals surface area contributed by atoms with E-state index in [2.05, 4.69) is 64.2 Å². The fraction of sp³-hybridized carbons (Fsp3) is 0.765. The van der Waals surface area contributed by atoms with E-state index in [1.165, 1.54) is 25.2 Å². The number of carbonyl (C=O) groups excluding carboxylic acids is 3. The summed E-state index contributed by atoms with van der Waals surface area (Å²) >= 11 is 0. The van der Waals surface area contributed by atoms with Crippen molar-refractivity contribution in [3.8, 4) is 0 Å². The standard InChI is InChI=1S/C34H51N3O5/c1-20(38)42-26-13-14-32(6)23(29(26,2)3)12-15-34(8)24(32)11-10-21-22-18-30(4,27(39)41-9)19-25(36-37-28(35)40)31(22,5)16-17-33(21,34)7/h10-11,23-24,26H,12-19H2,1-9H3,(H3,35,37,40)/b36-25+/t23-,24-,26+,30+,31+,32+,33+,34-/m1/s1. The third-order valence-electron chi connectivity index (χ3n) is 13.3. The summed E-state index contributed by atoms with van der Waals surface area (Å²) in [5.41, 5.74) is 9.94. The molecule has 8 heteroatoms. The Morgan fingerprint density at radius 2 is 1.67 bits per heavy atom. The lowest BCUT2D eigenvalue weighted by Crippen LogP contribution is -2.63. The van der Waals surface area contributed by atoms with Gasteiger partial charge in [0.1, 0.15) is 6.10 Å². The fourth-order valence-corrected chi connectivity index (χ4v) is 10.7. The van der Waals surface area contributed by atoms with E-state index in [1.807, 2.05) is 6.92 Å². The lowest BCUT2D eigenvalue weighted by Gasteiger charge is -2.69. The average molecular weight is 582 g/mol. The minimum Gasteiger partial charge on any atom is -0.469 e. The average Bonchev–Trinajstić information content (AvgIpc) is 2.89. The van der Waals surface area contributed by atoms with Crippen molar-refractivity contribution in [2.24, 2.45) is 55.2 Å². The second-order valence-corrected chi connectivity index (χ2v) is 15.8. The normalized spacial score (nSPS) is 44.7. The van der Waals surface area contributed by atoms with Gasteiger partial charge in [0, 0.05) is 29.9 Å². The topological polar surface area (TPSA) is 120 Å². The van der Waals surface area contributed by atoms with E-state index in [9.17, 15) is 14.4 Å². The first-order chi connectivity index (χ1) is 19.4. The lowest BCUT2D eigenvalue weighted by molar-refractivity contribution is -0.197. The van der Waals surface area contributed by atoms with Gasteiger partial charge in [-0.05, 0) is 85.5 Å². The summed E-state index contributed by atoms with van der Waals surface area (Å²) < 4.78 is 11.2. The zero-order valence-corrected chi connectivity index (χ0v) is 27.1. The molecule has 0 aromatic heterocycles. The number of esters is 2. The second-order valence-electron chi connectivity index (χ2n) is 15.8. The third-order valence-corrected chi connectivity index (χ3v) is 13.3. The van der Waals surface area contributed by atoms with Crippen molar-refractivity contribution in [3.63, 3.8) is 0 Å². The van der Waals surface area contributed by atoms with Crippen LogP contribution in [0.4, 0.5) is 4.79 Å². The second kappa shape index (κ2) is 9.68. The number of hydrazone groups is 1. The van der Waals surface area contributed by atoms with Crippen LogP contribution >= 0.6 is 0 Å². The largest absolute Gasteiger partial charge is 0.469 e. The molecule has 232 valence electrons. The first-order valence-corrected chi connectivity index (χ1v) is 15.7. The van der Waals surface area contributed by atoms with Gasteiger partial charge in [-0.3, -0.25) is 9.59 Å². The first-order valence-electron chi connectivity index (χ1n) is 15.7. The molecule has 3 N–H and O–H groups in total. The maximum atomic E-state index is 13.2. The van der Waals surface area contributed by atoms with Crippen LogP contribution in [0.1, 0.15) is 107 Å². The minimum atomic E-state index is -0.790. The van der Waals surface area contributed by atoms with Crippen molar-refractivity contribution >= 4 is 23.7 Å². The number of nitrogens with one attached hydrogen (secondary N) is 1. The lowest BCUT2D eigenvalue weighted by atomic mass is 9.35. The van der Waals surface area contributed by atoms with Crippen LogP contribution in [-0.2, 0) is 19.1 Å². The van der Waals surface area contributed by atoms with Crippen molar-refractivity contribution in [1.82, 2.24) is 5.43 Å². The van der Waals surface area contributed by atoms with Crippen molar-refractivity contribution in [1.29, 1.82) is 0 Å². The molecule has 42 heavy (non-hydrogen) atoms. The molecule has 0 saturated heterocycles. The number of hydrogen-bond acceptors (Lipinski definition) is 6. The molecule has 0 aromatic carbocycles. The molecule has 8 atom stereocenters. The SMILES string of the molecule is COC(=O)[C@@]1(C)CC2=C3C=C[C@@H]4[C@@]5(C)CC[C@H](OC(C)=O)C(C)(C)[C@H]5CC[C@@]4(C)[C@@]3(C)CC[C@]2(C)/C(=N/NC(N)=O)C1. The number of ether oxygens (including phenoxy) is 2. The number of nitrogens with two attached hydrogens (primary N) is 1. The molecule has 0 heterocycles. The number of urea groups is 1. The number of methoxy groups -OCH3 is 1. The molecule has 5 aliphatic carbocycles. The monoisotopic (exact) mass is 581 g/mol. The molecule has 0 bridgehead atoms. The molecule has 8 nitrogen and oxygen atoms in total. The van der Waals surface area contributed by atoms with Gasteiger partial charge in [0.15, 0.2) is 0 Å². The summed E-state index contributed by atoms with van der Waals surface area (Å²) in [5.74, 6) is 0.360. The number of amides is 2. The van der Waals surface area contributed by atoms with E-state index in [0.29, 0.717) is 24.7 Å². The Hall–Kier alpha value is -2.64. The zero-order valence-electron chi connectivity index (χ0n) is 27.1. The highest BCUT2D eigenvalue weighted by Gasteiger charge is 2.67. The number of allylic oxidation sites excluding steroid dienone is 4. The van der Waals surface area contributed by atoms with Crippen molar-refractivity contribution in [2.75, 3.05) is 7.11 Å². The number of rotatable bonds is 3. The van der Waals surface area contributed by atoms with Gasteiger partial charge in [-0.15, -0.1) is 0 Å². The molecule has 0 unspecified atom stereocenters. The Morgan fingerprint density at radius 3 is 2.29 bits per heavy atom. The predicted molar refractivity (Wildman–Crippen MR) is 162 cm³/mol. The summed E-state index contributed by atoms with van der Waals surface area (Å²) in [5, 5.41) is 4.51. The van der Waals surface area contributed by atoms with Crippen LogP contribution < -0.4 is 11.2 Å². The molecule has 0 radical (unpaired) electrons. The molecule has 3 fully saturated rings. The van der Waals surface area contributed by atoms with Crippen LogP contribution in [0.2, 0.25) is 0 Å². The first kappa shape index (κ1) is 30.8. The van der Waals surface area contributed by atoms with Crippen LogP contribution in [0.5, 0.6) is 0 Å². The Morgan fingerprint density at radius 1 is 0.976 bits per heavy atom. The van der Waals surface area contributed by atoms with Gasteiger partial charge in [0.2, 0.25) is 0 Å². The van der Waals surface area contributed by atoms with Crippen molar-refractivity contribution in [2.45, 2.75) is 113 Å². The molecule has 2 amide bonds. The van der Waals surface area contributed by atoms with Gasteiger partial charge in [-0.25, -0.2) is 10.2 Å². The Bertz CT molecular complexity index is 1300. The Balaban J connectivity index is 1.64.